The summed E-state index contributed by atoms with van der Waals surface area (Å²) in [5.74, 6) is 0.739. The Balaban J connectivity index is 1.51. The predicted molar refractivity (Wildman–Crippen MR) is 111 cm³/mol. The number of aromatic nitrogens is 1. The molecule has 0 radical (unpaired) electrons. The molecule has 29 heavy (non-hydrogen) atoms. The van der Waals surface area contributed by atoms with Crippen molar-refractivity contribution in [3.05, 3.63) is 17.0 Å². The third-order valence-corrected chi connectivity index (χ3v) is 5.92. The number of hydrogen-bond donors (Lipinski definition) is 2. The first-order valence-electron chi connectivity index (χ1n) is 10.5. The van der Waals surface area contributed by atoms with E-state index in [1.807, 2.05) is 0 Å². The van der Waals surface area contributed by atoms with Crippen LogP contribution in [-0.2, 0) is 22.5 Å². The van der Waals surface area contributed by atoms with Crippen LogP contribution in [0.3, 0.4) is 0 Å². The van der Waals surface area contributed by atoms with E-state index < -0.39 is 0 Å². The number of carbonyl (C=O) groups is 2. The second-order valence-electron chi connectivity index (χ2n) is 7.61. The van der Waals surface area contributed by atoms with Crippen molar-refractivity contribution in [2.45, 2.75) is 58.4 Å². The van der Waals surface area contributed by atoms with Crippen LogP contribution in [0.25, 0.3) is 0 Å². The second kappa shape index (κ2) is 10.6. The van der Waals surface area contributed by atoms with Crippen molar-refractivity contribution in [2.24, 2.45) is 5.92 Å². The molecule has 2 aliphatic rings. The molecule has 3 rings (SSSR count). The molecule has 2 N–H and O–H groups in total. The van der Waals surface area contributed by atoms with E-state index in [0.717, 1.165) is 29.5 Å². The number of nitrogens with zero attached hydrogens (tertiary/aromatic N) is 2. The number of esters is 1. The number of ether oxygens (including phenoxy) is 1. The molecule has 0 aromatic carbocycles. The average Bonchev–Trinajstić information content (AvgIpc) is 3.16. The van der Waals surface area contributed by atoms with E-state index in [4.69, 9.17) is 21.5 Å². The SMILES string of the molecule is CCOC(=O)CCNC(=O)c1noc2c1CN(C(=S)NCC1CCCCC1)CC2. The van der Waals surface area contributed by atoms with E-state index in [-0.39, 0.29) is 30.5 Å². The van der Waals surface area contributed by atoms with Gasteiger partial charge in [0.2, 0.25) is 0 Å². The predicted octanol–water partition coefficient (Wildman–Crippen LogP) is 2.17. The summed E-state index contributed by atoms with van der Waals surface area (Å²) in [4.78, 5) is 25.9. The highest BCUT2D eigenvalue weighted by Crippen LogP contribution is 2.24. The fraction of sp³-hybridized carbons (Fsp3) is 0.700. The van der Waals surface area contributed by atoms with Crippen molar-refractivity contribution in [3.63, 3.8) is 0 Å². The Morgan fingerprint density at radius 1 is 1.28 bits per heavy atom. The Labute approximate surface area is 176 Å². The molecule has 1 aliphatic heterocycles. The molecule has 0 bridgehead atoms. The van der Waals surface area contributed by atoms with Crippen LogP contribution < -0.4 is 10.6 Å². The van der Waals surface area contributed by atoms with Gasteiger partial charge in [0, 0.05) is 31.6 Å². The second-order valence-corrected chi connectivity index (χ2v) is 7.99. The Bertz CT molecular complexity index is 730. The summed E-state index contributed by atoms with van der Waals surface area (Å²) >= 11 is 5.59. The third kappa shape index (κ3) is 5.91. The molecule has 1 fully saturated rings. The molecule has 0 unspecified atom stereocenters. The number of fused-ring (bicyclic) bond motifs is 1. The fourth-order valence-electron chi connectivity index (χ4n) is 3.89. The van der Waals surface area contributed by atoms with Crippen molar-refractivity contribution in [2.75, 3.05) is 26.2 Å². The van der Waals surface area contributed by atoms with Crippen molar-refractivity contribution >= 4 is 29.2 Å². The maximum absolute atomic E-state index is 12.5. The molecule has 1 saturated carbocycles. The van der Waals surface area contributed by atoms with Crippen LogP contribution in [0.15, 0.2) is 4.52 Å². The van der Waals surface area contributed by atoms with E-state index in [1.165, 1.54) is 32.1 Å². The lowest BCUT2D eigenvalue weighted by molar-refractivity contribution is -0.142. The van der Waals surface area contributed by atoms with Gasteiger partial charge in [-0.1, -0.05) is 24.4 Å². The standard InChI is InChI=1S/C20H30N4O4S/c1-2-27-17(25)8-10-21-19(26)18-15-13-24(11-9-16(15)28-23-18)20(29)22-12-14-6-4-3-5-7-14/h14H,2-13H2,1H3,(H,21,26)(H,22,29). The van der Waals surface area contributed by atoms with Crippen molar-refractivity contribution < 1.29 is 18.8 Å². The summed E-state index contributed by atoms with van der Waals surface area (Å²) in [6, 6.07) is 0. The summed E-state index contributed by atoms with van der Waals surface area (Å²) in [6.45, 7) is 4.42. The number of rotatable bonds is 7. The Morgan fingerprint density at radius 3 is 2.83 bits per heavy atom. The molecule has 0 saturated heterocycles. The monoisotopic (exact) mass is 422 g/mol. The molecule has 1 aliphatic carbocycles. The van der Waals surface area contributed by atoms with Gasteiger partial charge in [-0.2, -0.15) is 0 Å². The van der Waals surface area contributed by atoms with Crippen molar-refractivity contribution in [3.8, 4) is 0 Å². The molecular weight excluding hydrogens is 392 g/mol. The van der Waals surface area contributed by atoms with Gasteiger partial charge in [-0.15, -0.1) is 0 Å². The van der Waals surface area contributed by atoms with Crippen molar-refractivity contribution in [1.29, 1.82) is 0 Å². The minimum Gasteiger partial charge on any atom is -0.466 e. The molecular formula is C20H30N4O4S. The number of hydrogen-bond acceptors (Lipinski definition) is 6. The zero-order valence-corrected chi connectivity index (χ0v) is 17.8. The molecule has 0 atom stereocenters. The van der Waals surface area contributed by atoms with Gasteiger partial charge in [-0.3, -0.25) is 9.59 Å². The highest BCUT2D eigenvalue weighted by Gasteiger charge is 2.28. The fourth-order valence-corrected chi connectivity index (χ4v) is 4.13. The van der Waals surface area contributed by atoms with Gasteiger partial charge < -0.3 is 24.8 Å². The molecule has 9 heteroatoms. The first-order valence-corrected chi connectivity index (χ1v) is 10.9. The van der Waals surface area contributed by atoms with Crippen LogP contribution in [0.2, 0.25) is 0 Å². The van der Waals surface area contributed by atoms with Crippen LogP contribution in [0.5, 0.6) is 0 Å². The Kier molecular flexibility index (Phi) is 7.85. The minimum absolute atomic E-state index is 0.126. The smallest absolute Gasteiger partial charge is 0.307 e. The number of amides is 1. The average molecular weight is 423 g/mol. The van der Waals surface area contributed by atoms with Crippen LogP contribution in [0, 0.1) is 5.92 Å². The van der Waals surface area contributed by atoms with Gasteiger partial charge >= 0.3 is 5.97 Å². The molecule has 1 amide bonds. The zero-order chi connectivity index (χ0) is 20.6. The van der Waals surface area contributed by atoms with E-state index >= 15 is 0 Å². The van der Waals surface area contributed by atoms with Gasteiger partial charge in [-0.25, -0.2) is 0 Å². The largest absolute Gasteiger partial charge is 0.466 e. The highest BCUT2D eigenvalue weighted by atomic mass is 32.1. The van der Waals surface area contributed by atoms with E-state index in [2.05, 4.69) is 20.7 Å². The summed E-state index contributed by atoms with van der Waals surface area (Å²) < 4.78 is 10.2. The Morgan fingerprint density at radius 2 is 2.07 bits per heavy atom. The number of thiocarbonyl (C=S) groups is 1. The number of carbonyl (C=O) groups excluding carboxylic acids is 2. The van der Waals surface area contributed by atoms with Crippen LogP contribution >= 0.6 is 12.2 Å². The van der Waals surface area contributed by atoms with Gasteiger partial charge in [0.05, 0.1) is 19.6 Å². The maximum Gasteiger partial charge on any atom is 0.307 e. The van der Waals surface area contributed by atoms with E-state index in [9.17, 15) is 9.59 Å². The Hall–Kier alpha value is -2.16. The first kappa shape index (κ1) is 21.5. The summed E-state index contributed by atoms with van der Waals surface area (Å²) in [5, 5.41) is 10.8. The third-order valence-electron chi connectivity index (χ3n) is 5.52. The number of nitrogens with one attached hydrogen (secondary N) is 2. The van der Waals surface area contributed by atoms with Crippen molar-refractivity contribution in [1.82, 2.24) is 20.7 Å². The van der Waals surface area contributed by atoms with Crippen LogP contribution in [0.4, 0.5) is 0 Å². The van der Waals surface area contributed by atoms with E-state index in [0.29, 0.717) is 25.5 Å². The first-order chi connectivity index (χ1) is 14.1. The quantitative estimate of drug-likeness (QED) is 0.510. The zero-order valence-electron chi connectivity index (χ0n) is 17.0. The molecule has 8 nitrogen and oxygen atoms in total. The lowest BCUT2D eigenvalue weighted by Crippen LogP contribution is -2.44. The summed E-state index contributed by atoms with van der Waals surface area (Å²) in [5.41, 5.74) is 1.04. The molecule has 0 spiro atoms. The van der Waals surface area contributed by atoms with E-state index in [1.54, 1.807) is 6.92 Å². The van der Waals surface area contributed by atoms with Gasteiger partial charge in [-0.05, 0) is 37.9 Å². The van der Waals surface area contributed by atoms with Gasteiger partial charge in [0.25, 0.3) is 5.91 Å². The topological polar surface area (TPSA) is 96.7 Å². The van der Waals surface area contributed by atoms with Crippen LogP contribution in [0.1, 0.15) is 67.3 Å². The lowest BCUT2D eigenvalue weighted by Gasteiger charge is -2.30. The van der Waals surface area contributed by atoms with Crippen LogP contribution in [-0.4, -0.2) is 53.3 Å². The summed E-state index contributed by atoms with van der Waals surface area (Å²) in [7, 11) is 0. The van der Waals surface area contributed by atoms with Gasteiger partial charge in [0.1, 0.15) is 5.76 Å². The molecule has 2 heterocycles. The molecule has 160 valence electrons. The maximum atomic E-state index is 12.5. The van der Waals surface area contributed by atoms with Gasteiger partial charge in [0.15, 0.2) is 10.8 Å². The molecule has 1 aromatic rings. The summed E-state index contributed by atoms with van der Waals surface area (Å²) in [6.07, 6.45) is 7.27. The minimum atomic E-state index is -0.345. The molecule has 1 aromatic heterocycles. The normalized spacial score (nSPS) is 16.8. The lowest BCUT2D eigenvalue weighted by atomic mass is 9.89. The highest BCUT2D eigenvalue weighted by molar-refractivity contribution is 7.80.